The van der Waals surface area contributed by atoms with Crippen LogP contribution in [0.4, 0.5) is 5.95 Å². The lowest BCUT2D eigenvalue weighted by atomic mass is 9.96. The number of carbonyl (C=O) groups excluding carboxylic acids is 1. The number of aromatic nitrogens is 2. The number of carbonyl (C=O) groups is 1. The van der Waals surface area contributed by atoms with E-state index in [4.69, 9.17) is 0 Å². The van der Waals surface area contributed by atoms with Crippen LogP contribution >= 0.6 is 0 Å². The van der Waals surface area contributed by atoms with Gasteiger partial charge in [-0.1, -0.05) is 12.1 Å². The minimum atomic E-state index is 0.679. The van der Waals surface area contributed by atoms with Crippen LogP contribution in [0.1, 0.15) is 33.6 Å². The number of nitrogens with one attached hydrogen (secondary N) is 1. The second-order valence-corrected chi connectivity index (χ2v) is 5.40. The van der Waals surface area contributed by atoms with Gasteiger partial charge in [0.05, 0.1) is 0 Å². The first-order valence-electron chi connectivity index (χ1n) is 7.00. The smallest absolute Gasteiger partial charge is 0.203 e. The van der Waals surface area contributed by atoms with Crippen molar-refractivity contribution in [3.8, 4) is 11.3 Å². The Balaban J connectivity index is 2.22. The van der Waals surface area contributed by atoms with Crippen molar-refractivity contribution in [2.45, 2.75) is 33.7 Å². The Morgan fingerprint density at radius 3 is 2.80 bits per heavy atom. The zero-order chi connectivity index (χ0) is 14.3. The maximum absolute atomic E-state index is 11.5. The van der Waals surface area contributed by atoms with Crippen LogP contribution in [-0.2, 0) is 6.54 Å². The number of rotatable bonds is 2. The average molecular weight is 269 g/mol. The van der Waals surface area contributed by atoms with E-state index in [9.17, 15) is 4.79 Å². The molecule has 1 aliphatic rings. The van der Waals surface area contributed by atoms with Crippen LogP contribution in [0.25, 0.3) is 11.3 Å². The van der Waals surface area contributed by atoms with Gasteiger partial charge in [0.25, 0.3) is 0 Å². The number of benzene rings is 1. The van der Waals surface area contributed by atoms with Crippen molar-refractivity contribution >= 4 is 12.2 Å². The molecule has 0 atom stereocenters. The van der Waals surface area contributed by atoms with E-state index in [-0.39, 0.29) is 0 Å². The van der Waals surface area contributed by atoms with E-state index in [1.54, 1.807) is 0 Å². The lowest BCUT2D eigenvalue weighted by Gasteiger charge is -2.15. The van der Waals surface area contributed by atoms with E-state index in [1.807, 2.05) is 4.57 Å². The summed E-state index contributed by atoms with van der Waals surface area (Å²) < 4.78 is 1.99. The lowest BCUT2D eigenvalue weighted by molar-refractivity contribution is 0.111. The average Bonchev–Trinajstić information content (AvgIpc) is 2.83. The molecule has 0 saturated heterocycles. The molecule has 0 radical (unpaired) electrons. The normalized spacial score (nSPS) is 13.8. The first kappa shape index (κ1) is 12.9. The first-order valence-corrected chi connectivity index (χ1v) is 7.00. The molecule has 20 heavy (non-hydrogen) atoms. The van der Waals surface area contributed by atoms with Gasteiger partial charge in [-0.2, -0.15) is 0 Å². The molecule has 4 heteroatoms. The number of anilines is 1. The Morgan fingerprint density at radius 1 is 1.25 bits per heavy atom. The molecule has 1 aromatic heterocycles. The largest absolute Gasteiger partial charge is 0.356 e. The Morgan fingerprint density at radius 2 is 2.05 bits per heavy atom. The number of hydrogen-bond donors (Lipinski definition) is 1. The Labute approximate surface area is 118 Å². The maximum atomic E-state index is 11.5. The summed E-state index contributed by atoms with van der Waals surface area (Å²) in [5.41, 5.74) is 6.25. The molecular weight excluding hydrogens is 250 g/mol. The van der Waals surface area contributed by atoms with E-state index in [2.05, 4.69) is 43.2 Å². The SMILES string of the molecule is Cc1ccc(-c2nc3n(c2C=O)CCCN3)c(C)c1C. The molecule has 3 rings (SSSR count). The van der Waals surface area contributed by atoms with Crippen LogP contribution in [-0.4, -0.2) is 22.4 Å². The van der Waals surface area contributed by atoms with E-state index in [0.29, 0.717) is 5.69 Å². The molecule has 0 aliphatic carbocycles. The van der Waals surface area contributed by atoms with Gasteiger partial charge in [0, 0.05) is 18.7 Å². The van der Waals surface area contributed by atoms with Gasteiger partial charge >= 0.3 is 0 Å². The summed E-state index contributed by atoms with van der Waals surface area (Å²) in [4.78, 5) is 16.2. The minimum absolute atomic E-state index is 0.679. The second-order valence-electron chi connectivity index (χ2n) is 5.40. The van der Waals surface area contributed by atoms with Gasteiger partial charge in [-0.15, -0.1) is 0 Å². The van der Waals surface area contributed by atoms with Crippen molar-refractivity contribution in [1.82, 2.24) is 9.55 Å². The highest BCUT2D eigenvalue weighted by Gasteiger charge is 2.21. The van der Waals surface area contributed by atoms with Gasteiger partial charge in [0.1, 0.15) is 11.4 Å². The third-order valence-corrected chi connectivity index (χ3v) is 4.27. The molecular formula is C16H19N3O. The summed E-state index contributed by atoms with van der Waals surface area (Å²) in [6.07, 6.45) is 1.95. The number of aldehydes is 1. The molecule has 104 valence electrons. The van der Waals surface area contributed by atoms with Gasteiger partial charge in [-0.3, -0.25) is 4.79 Å². The molecule has 1 N–H and O–H groups in total. The molecule has 0 saturated carbocycles. The fourth-order valence-corrected chi connectivity index (χ4v) is 2.79. The molecule has 0 fully saturated rings. The predicted molar refractivity (Wildman–Crippen MR) is 80.4 cm³/mol. The fraction of sp³-hybridized carbons (Fsp3) is 0.375. The van der Waals surface area contributed by atoms with Crippen molar-refractivity contribution in [2.24, 2.45) is 0 Å². The minimum Gasteiger partial charge on any atom is -0.356 e. The lowest BCUT2D eigenvalue weighted by Crippen LogP contribution is -2.18. The highest BCUT2D eigenvalue weighted by molar-refractivity contribution is 5.86. The number of aryl methyl sites for hydroxylation is 1. The van der Waals surface area contributed by atoms with Crippen LogP contribution in [0.3, 0.4) is 0 Å². The molecule has 4 nitrogen and oxygen atoms in total. The van der Waals surface area contributed by atoms with Gasteiger partial charge < -0.3 is 9.88 Å². The molecule has 1 aromatic carbocycles. The van der Waals surface area contributed by atoms with Crippen molar-refractivity contribution in [1.29, 1.82) is 0 Å². The summed E-state index contributed by atoms with van der Waals surface area (Å²) in [6, 6.07) is 4.16. The Hall–Kier alpha value is -2.10. The summed E-state index contributed by atoms with van der Waals surface area (Å²) in [7, 11) is 0. The van der Waals surface area contributed by atoms with Crippen LogP contribution in [0.5, 0.6) is 0 Å². The zero-order valence-electron chi connectivity index (χ0n) is 12.2. The van der Waals surface area contributed by atoms with Gasteiger partial charge in [-0.05, 0) is 43.9 Å². The maximum Gasteiger partial charge on any atom is 0.203 e. The number of fused-ring (bicyclic) bond motifs is 1. The summed E-state index contributed by atoms with van der Waals surface area (Å²) >= 11 is 0. The first-order chi connectivity index (χ1) is 9.63. The molecule has 1 aliphatic heterocycles. The highest BCUT2D eigenvalue weighted by Crippen LogP contribution is 2.31. The molecule has 2 heterocycles. The zero-order valence-corrected chi connectivity index (χ0v) is 12.2. The van der Waals surface area contributed by atoms with E-state index >= 15 is 0 Å². The van der Waals surface area contributed by atoms with E-state index in [0.717, 1.165) is 43.0 Å². The van der Waals surface area contributed by atoms with Crippen LogP contribution < -0.4 is 5.32 Å². The quantitative estimate of drug-likeness (QED) is 0.852. The number of hydrogen-bond acceptors (Lipinski definition) is 3. The van der Waals surface area contributed by atoms with E-state index < -0.39 is 0 Å². The molecule has 0 spiro atoms. The van der Waals surface area contributed by atoms with Crippen molar-refractivity contribution in [2.75, 3.05) is 11.9 Å². The summed E-state index contributed by atoms with van der Waals surface area (Å²) in [5.74, 6) is 0.811. The Kier molecular flexibility index (Phi) is 3.08. The number of imidazole rings is 1. The number of nitrogens with zero attached hydrogens (tertiary/aromatic N) is 2. The highest BCUT2D eigenvalue weighted by atomic mass is 16.1. The van der Waals surface area contributed by atoms with Crippen LogP contribution in [0.2, 0.25) is 0 Å². The predicted octanol–water partition coefficient (Wildman–Crippen LogP) is 3.10. The van der Waals surface area contributed by atoms with Gasteiger partial charge in [-0.25, -0.2) is 4.98 Å². The second kappa shape index (κ2) is 4.78. The topological polar surface area (TPSA) is 46.9 Å². The van der Waals surface area contributed by atoms with Crippen molar-refractivity contribution in [3.05, 3.63) is 34.5 Å². The summed E-state index contributed by atoms with van der Waals surface area (Å²) in [5, 5.41) is 3.27. The van der Waals surface area contributed by atoms with Gasteiger partial charge in [0.2, 0.25) is 5.95 Å². The molecule has 2 aromatic rings. The van der Waals surface area contributed by atoms with Crippen molar-refractivity contribution in [3.63, 3.8) is 0 Å². The van der Waals surface area contributed by atoms with Gasteiger partial charge in [0.15, 0.2) is 6.29 Å². The molecule has 0 bridgehead atoms. The molecule has 0 unspecified atom stereocenters. The van der Waals surface area contributed by atoms with E-state index in [1.165, 1.54) is 16.7 Å². The molecule has 0 amide bonds. The van der Waals surface area contributed by atoms with Crippen LogP contribution in [0.15, 0.2) is 12.1 Å². The fourth-order valence-electron chi connectivity index (χ4n) is 2.79. The summed E-state index contributed by atoms with van der Waals surface area (Å²) in [6.45, 7) is 8.08. The Bertz CT molecular complexity index is 686. The third-order valence-electron chi connectivity index (χ3n) is 4.27. The van der Waals surface area contributed by atoms with Crippen LogP contribution in [0, 0.1) is 20.8 Å². The standard InChI is InChI=1S/C16H19N3O/c1-10-5-6-13(12(3)11(10)2)15-14(9-20)19-8-4-7-17-16(19)18-15/h5-6,9H,4,7-8H2,1-3H3,(H,17,18). The third kappa shape index (κ3) is 1.83. The monoisotopic (exact) mass is 269 g/mol. The van der Waals surface area contributed by atoms with Crippen molar-refractivity contribution < 1.29 is 4.79 Å².